The lowest BCUT2D eigenvalue weighted by atomic mass is 9.98. The number of halogens is 2. The molecule has 1 nitrogen and oxygen atoms in total. The SMILES string of the molecule is NCc1cccc(F)c1-c1ccccc1F. The van der Waals surface area contributed by atoms with E-state index in [4.69, 9.17) is 5.73 Å². The van der Waals surface area contributed by atoms with Gasteiger partial charge in [-0.25, -0.2) is 8.78 Å². The molecule has 2 N–H and O–H groups in total. The lowest BCUT2D eigenvalue weighted by Crippen LogP contribution is -2.01. The molecule has 0 aliphatic carbocycles. The Kier molecular flexibility index (Phi) is 2.97. The van der Waals surface area contributed by atoms with Gasteiger partial charge in [0.1, 0.15) is 11.6 Å². The van der Waals surface area contributed by atoms with E-state index in [0.29, 0.717) is 5.56 Å². The van der Waals surface area contributed by atoms with E-state index in [-0.39, 0.29) is 17.7 Å². The van der Waals surface area contributed by atoms with Gasteiger partial charge in [-0.05, 0) is 17.7 Å². The number of nitrogens with two attached hydrogens (primary N) is 1. The fourth-order valence-electron chi connectivity index (χ4n) is 1.70. The van der Waals surface area contributed by atoms with Crippen molar-refractivity contribution in [1.29, 1.82) is 0 Å². The average Bonchev–Trinajstić information content (AvgIpc) is 2.30. The highest BCUT2D eigenvalue weighted by molar-refractivity contribution is 5.68. The lowest BCUT2D eigenvalue weighted by Gasteiger charge is -2.09. The molecule has 2 aromatic carbocycles. The van der Waals surface area contributed by atoms with E-state index >= 15 is 0 Å². The van der Waals surface area contributed by atoms with Crippen LogP contribution in [-0.2, 0) is 6.54 Å². The molecule has 2 aromatic rings. The largest absolute Gasteiger partial charge is 0.326 e. The van der Waals surface area contributed by atoms with Gasteiger partial charge in [0.15, 0.2) is 0 Å². The minimum atomic E-state index is -0.451. The second-order valence-electron chi connectivity index (χ2n) is 3.46. The molecule has 3 heteroatoms. The van der Waals surface area contributed by atoms with Gasteiger partial charge in [0, 0.05) is 17.7 Å². The monoisotopic (exact) mass is 219 g/mol. The molecule has 16 heavy (non-hydrogen) atoms. The first-order chi connectivity index (χ1) is 7.74. The van der Waals surface area contributed by atoms with E-state index in [1.54, 1.807) is 30.3 Å². The molecule has 0 amide bonds. The molecule has 0 atom stereocenters. The third-order valence-corrected chi connectivity index (χ3v) is 2.46. The van der Waals surface area contributed by atoms with Gasteiger partial charge >= 0.3 is 0 Å². The maximum Gasteiger partial charge on any atom is 0.131 e. The predicted molar refractivity (Wildman–Crippen MR) is 59.7 cm³/mol. The van der Waals surface area contributed by atoms with E-state index in [0.717, 1.165) is 0 Å². The quantitative estimate of drug-likeness (QED) is 0.825. The van der Waals surface area contributed by atoms with Crippen molar-refractivity contribution in [2.75, 3.05) is 0 Å². The van der Waals surface area contributed by atoms with Gasteiger partial charge in [0.25, 0.3) is 0 Å². The number of hydrogen-bond acceptors (Lipinski definition) is 1. The number of hydrogen-bond donors (Lipinski definition) is 1. The van der Waals surface area contributed by atoms with Crippen molar-refractivity contribution in [2.45, 2.75) is 6.54 Å². The molecule has 0 aliphatic heterocycles. The van der Waals surface area contributed by atoms with E-state index in [2.05, 4.69) is 0 Å². The minimum Gasteiger partial charge on any atom is -0.326 e. The van der Waals surface area contributed by atoms with Crippen LogP contribution in [0.4, 0.5) is 8.78 Å². The first-order valence-electron chi connectivity index (χ1n) is 4.96. The molecular weight excluding hydrogens is 208 g/mol. The Morgan fingerprint density at radius 3 is 2.25 bits per heavy atom. The third-order valence-electron chi connectivity index (χ3n) is 2.46. The summed E-state index contributed by atoms with van der Waals surface area (Å²) in [6.07, 6.45) is 0. The Morgan fingerprint density at radius 2 is 1.56 bits per heavy atom. The lowest BCUT2D eigenvalue weighted by molar-refractivity contribution is 0.614. The van der Waals surface area contributed by atoms with Crippen molar-refractivity contribution in [3.05, 3.63) is 59.7 Å². The zero-order valence-corrected chi connectivity index (χ0v) is 8.58. The molecule has 0 aromatic heterocycles. The summed E-state index contributed by atoms with van der Waals surface area (Å²) in [5.74, 6) is -0.893. The molecule has 82 valence electrons. The van der Waals surface area contributed by atoms with Crippen LogP contribution in [0.15, 0.2) is 42.5 Å². The van der Waals surface area contributed by atoms with Crippen molar-refractivity contribution in [3.63, 3.8) is 0 Å². The summed E-state index contributed by atoms with van der Waals surface area (Å²) in [6.45, 7) is 0.182. The molecule has 0 radical (unpaired) electrons. The molecule has 0 spiro atoms. The van der Waals surface area contributed by atoms with Gasteiger partial charge in [-0.1, -0.05) is 30.3 Å². The molecule has 2 rings (SSSR count). The van der Waals surface area contributed by atoms with Crippen LogP contribution in [0.5, 0.6) is 0 Å². The maximum atomic E-state index is 13.7. The fourth-order valence-corrected chi connectivity index (χ4v) is 1.70. The van der Waals surface area contributed by atoms with E-state index in [9.17, 15) is 8.78 Å². The molecule has 0 aliphatic rings. The predicted octanol–water partition coefficient (Wildman–Crippen LogP) is 3.09. The summed E-state index contributed by atoms with van der Waals surface area (Å²) in [6, 6.07) is 10.7. The Balaban J connectivity index is 2.68. The summed E-state index contributed by atoms with van der Waals surface area (Å²) >= 11 is 0. The Bertz CT molecular complexity index is 509. The number of benzene rings is 2. The van der Waals surface area contributed by atoms with E-state index in [1.165, 1.54) is 12.1 Å². The molecular formula is C13H11F2N. The second kappa shape index (κ2) is 4.41. The first-order valence-corrected chi connectivity index (χ1v) is 4.96. The van der Waals surface area contributed by atoms with Crippen molar-refractivity contribution in [1.82, 2.24) is 0 Å². The van der Waals surface area contributed by atoms with Crippen LogP contribution in [0.1, 0.15) is 5.56 Å². The summed E-state index contributed by atoms with van der Waals surface area (Å²) in [5, 5.41) is 0. The fraction of sp³-hybridized carbons (Fsp3) is 0.0769. The number of rotatable bonds is 2. The van der Waals surface area contributed by atoms with Crippen LogP contribution >= 0.6 is 0 Å². The summed E-state index contributed by atoms with van der Waals surface area (Å²) in [4.78, 5) is 0. The van der Waals surface area contributed by atoms with Crippen molar-refractivity contribution in [2.24, 2.45) is 5.73 Å². The average molecular weight is 219 g/mol. The van der Waals surface area contributed by atoms with E-state index in [1.807, 2.05) is 0 Å². The Morgan fingerprint density at radius 1 is 0.875 bits per heavy atom. The highest BCUT2D eigenvalue weighted by atomic mass is 19.1. The third kappa shape index (κ3) is 1.82. The zero-order valence-electron chi connectivity index (χ0n) is 8.58. The second-order valence-corrected chi connectivity index (χ2v) is 3.46. The minimum absolute atomic E-state index is 0.182. The van der Waals surface area contributed by atoms with Crippen molar-refractivity contribution >= 4 is 0 Å². The highest BCUT2D eigenvalue weighted by Gasteiger charge is 2.12. The summed E-state index contributed by atoms with van der Waals surface area (Å²) < 4.78 is 27.2. The van der Waals surface area contributed by atoms with Crippen molar-refractivity contribution < 1.29 is 8.78 Å². The van der Waals surface area contributed by atoms with Crippen LogP contribution in [-0.4, -0.2) is 0 Å². The maximum absolute atomic E-state index is 13.7. The van der Waals surface area contributed by atoms with Gasteiger partial charge < -0.3 is 5.73 Å². The van der Waals surface area contributed by atoms with Crippen LogP contribution in [0.2, 0.25) is 0 Å². The van der Waals surface area contributed by atoms with Crippen LogP contribution in [0.3, 0.4) is 0 Å². The zero-order chi connectivity index (χ0) is 11.5. The summed E-state index contributed by atoms with van der Waals surface area (Å²) in [7, 11) is 0. The standard InChI is InChI=1S/C13H11F2N/c14-11-6-2-1-5-10(11)13-9(8-16)4-3-7-12(13)15/h1-7H,8,16H2. The molecule has 0 saturated heterocycles. The van der Waals surface area contributed by atoms with Gasteiger partial charge in [0.2, 0.25) is 0 Å². The van der Waals surface area contributed by atoms with Gasteiger partial charge in [-0.2, -0.15) is 0 Å². The van der Waals surface area contributed by atoms with Gasteiger partial charge in [-0.15, -0.1) is 0 Å². The normalized spacial score (nSPS) is 10.4. The highest BCUT2D eigenvalue weighted by Crippen LogP contribution is 2.28. The molecule has 0 bridgehead atoms. The summed E-state index contributed by atoms with van der Waals surface area (Å²) in [5.41, 5.74) is 6.62. The topological polar surface area (TPSA) is 26.0 Å². The van der Waals surface area contributed by atoms with Gasteiger partial charge in [-0.3, -0.25) is 0 Å². The van der Waals surface area contributed by atoms with Crippen LogP contribution < -0.4 is 5.73 Å². The Hall–Kier alpha value is -1.74. The smallest absolute Gasteiger partial charge is 0.131 e. The molecule has 0 fully saturated rings. The van der Waals surface area contributed by atoms with Crippen molar-refractivity contribution in [3.8, 4) is 11.1 Å². The molecule has 0 heterocycles. The Labute approximate surface area is 92.5 Å². The van der Waals surface area contributed by atoms with Gasteiger partial charge in [0.05, 0.1) is 0 Å². The first kappa shape index (κ1) is 10.8. The molecule has 0 saturated carbocycles. The van der Waals surface area contributed by atoms with Crippen LogP contribution in [0, 0.1) is 11.6 Å². The van der Waals surface area contributed by atoms with Crippen LogP contribution in [0.25, 0.3) is 11.1 Å². The van der Waals surface area contributed by atoms with E-state index < -0.39 is 11.6 Å². The molecule has 0 unspecified atom stereocenters.